The molecule has 1 heterocycles. The number of carbonyl (C=O) groups excluding carboxylic acids is 1. The Hall–Kier alpha value is -1.30. The number of hydrogen-bond acceptors (Lipinski definition) is 3. The monoisotopic (exact) mass is 325 g/mol. The van der Waals surface area contributed by atoms with Crippen LogP contribution in [0.15, 0.2) is 4.99 Å². The van der Waals surface area contributed by atoms with Crippen LogP contribution < -0.4 is 10.6 Å². The van der Waals surface area contributed by atoms with E-state index in [1.165, 1.54) is 19.4 Å². The Balaban J connectivity index is 2.48. The zero-order valence-electron chi connectivity index (χ0n) is 15.6. The van der Waals surface area contributed by atoms with E-state index < -0.39 is 0 Å². The smallest absolute Gasteiger partial charge is 0.222 e. The Kier molecular flexibility index (Phi) is 8.99. The van der Waals surface area contributed by atoms with E-state index in [1.807, 2.05) is 13.8 Å². The number of rotatable bonds is 8. The number of carbonyl (C=O) groups is 1. The molecule has 6 heteroatoms. The summed E-state index contributed by atoms with van der Waals surface area (Å²) in [5.41, 5.74) is 0. The van der Waals surface area contributed by atoms with Gasteiger partial charge >= 0.3 is 0 Å². The summed E-state index contributed by atoms with van der Waals surface area (Å²) in [5.74, 6) is 1.04. The zero-order chi connectivity index (χ0) is 17.2. The lowest BCUT2D eigenvalue weighted by Crippen LogP contribution is -2.46. The summed E-state index contributed by atoms with van der Waals surface area (Å²) in [6, 6.07) is 0.620. The number of nitrogens with one attached hydrogen (secondary N) is 2. The van der Waals surface area contributed by atoms with Gasteiger partial charge in [-0.05, 0) is 32.9 Å². The highest BCUT2D eigenvalue weighted by molar-refractivity contribution is 5.80. The van der Waals surface area contributed by atoms with Crippen molar-refractivity contribution in [2.75, 3.05) is 46.3 Å². The molecular formula is C17H35N5O. The van der Waals surface area contributed by atoms with Crippen molar-refractivity contribution in [2.45, 2.75) is 46.6 Å². The first-order chi connectivity index (χ1) is 11.0. The molecule has 1 saturated heterocycles. The van der Waals surface area contributed by atoms with Crippen molar-refractivity contribution in [3.05, 3.63) is 0 Å². The molecule has 0 saturated carbocycles. The molecular weight excluding hydrogens is 290 g/mol. The second-order valence-electron chi connectivity index (χ2n) is 6.49. The maximum absolute atomic E-state index is 11.6. The molecule has 1 unspecified atom stereocenters. The molecule has 0 aromatic rings. The second-order valence-corrected chi connectivity index (χ2v) is 6.49. The fourth-order valence-corrected chi connectivity index (χ4v) is 2.94. The molecule has 1 atom stereocenters. The lowest BCUT2D eigenvalue weighted by atomic mass is 10.2. The van der Waals surface area contributed by atoms with Gasteiger partial charge in [-0.2, -0.15) is 0 Å². The van der Waals surface area contributed by atoms with Crippen LogP contribution in [0, 0.1) is 5.92 Å². The quantitative estimate of drug-likeness (QED) is 0.399. The molecule has 1 aliphatic rings. The minimum atomic E-state index is 0.0253. The molecule has 6 nitrogen and oxygen atoms in total. The van der Waals surface area contributed by atoms with E-state index in [2.05, 4.69) is 46.3 Å². The van der Waals surface area contributed by atoms with E-state index in [9.17, 15) is 4.79 Å². The number of guanidine groups is 1. The largest absolute Gasteiger partial charge is 0.357 e. The van der Waals surface area contributed by atoms with Crippen LogP contribution in [-0.4, -0.2) is 74.0 Å². The Labute approximate surface area is 141 Å². The third-order valence-corrected chi connectivity index (χ3v) is 4.28. The number of likely N-dealkylation sites (tertiary alicyclic amines) is 1. The minimum Gasteiger partial charge on any atom is -0.357 e. The van der Waals surface area contributed by atoms with E-state index in [-0.39, 0.29) is 11.8 Å². The van der Waals surface area contributed by atoms with Gasteiger partial charge in [0.15, 0.2) is 5.96 Å². The van der Waals surface area contributed by atoms with Gasteiger partial charge in [-0.25, -0.2) is 0 Å². The molecule has 0 spiro atoms. The number of hydrogen-bond donors (Lipinski definition) is 2. The maximum Gasteiger partial charge on any atom is 0.222 e. The molecule has 2 N–H and O–H groups in total. The summed E-state index contributed by atoms with van der Waals surface area (Å²) in [4.78, 5) is 21.0. The fourth-order valence-electron chi connectivity index (χ4n) is 2.94. The van der Waals surface area contributed by atoms with Gasteiger partial charge in [0.1, 0.15) is 0 Å². The molecule has 0 radical (unpaired) electrons. The highest BCUT2D eigenvalue weighted by Gasteiger charge is 2.24. The summed E-state index contributed by atoms with van der Waals surface area (Å²) < 4.78 is 0. The third-order valence-electron chi connectivity index (χ3n) is 4.28. The van der Waals surface area contributed by atoms with Crippen molar-refractivity contribution in [3.63, 3.8) is 0 Å². The highest BCUT2D eigenvalue weighted by atomic mass is 16.1. The van der Waals surface area contributed by atoms with Crippen molar-refractivity contribution in [2.24, 2.45) is 10.9 Å². The predicted molar refractivity (Wildman–Crippen MR) is 96.7 cm³/mol. The average molecular weight is 326 g/mol. The number of aliphatic imine (C=N–C) groups is 1. The summed E-state index contributed by atoms with van der Waals surface area (Å²) >= 11 is 0. The van der Waals surface area contributed by atoms with Crippen LogP contribution in [0.1, 0.15) is 40.5 Å². The lowest BCUT2D eigenvalue weighted by Gasteiger charge is -2.29. The van der Waals surface area contributed by atoms with Crippen molar-refractivity contribution in [1.82, 2.24) is 20.4 Å². The molecule has 1 rings (SSSR count). The summed E-state index contributed by atoms with van der Waals surface area (Å²) in [6.45, 7) is 13.5. The van der Waals surface area contributed by atoms with Crippen molar-refractivity contribution in [1.29, 1.82) is 0 Å². The number of likely N-dealkylation sites (N-methyl/N-ethyl adjacent to an activating group) is 2. The Morgan fingerprint density at radius 3 is 2.70 bits per heavy atom. The predicted octanol–water partition coefficient (Wildman–Crippen LogP) is 1.14. The van der Waals surface area contributed by atoms with E-state index in [0.29, 0.717) is 19.1 Å². The first-order valence-corrected chi connectivity index (χ1v) is 9.00. The van der Waals surface area contributed by atoms with Crippen molar-refractivity contribution < 1.29 is 4.79 Å². The van der Waals surface area contributed by atoms with Crippen LogP contribution in [0.3, 0.4) is 0 Å². The minimum absolute atomic E-state index is 0.0253. The van der Waals surface area contributed by atoms with E-state index in [0.717, 1.165) is 25.6 Å². The zero-order valence-corrected chi connectivity index (χ0v) is 15.6. The number of amides is 1. The molecule has 1 amide bonds. The topological polar surface area (TPSA) is 60.0 Å². The van der Waals surface area contributed by atoms with Crippen LogP contribution in [-0.2, 0) is 4.79 Å². The van der Waals surface area contributed by atoms with Gasteiger partial charge in [-0.3, -0.25) is 14.7 Å². The summed E-state index contributed by atoms with van der Waals surface area (Å²) in [7, 11) is 2.10. The van der Waals surface area contributed by atoms with Gasteiger partial charge in [0.2, 0.25) is 5.91 Å². The molecule has 0 aromatic carbocycles. The molecule has 0 bridgehead atoms. The van der Waals surface area contributed by atoms with Crippen LogP contribution in [0.4, 0.5) is 0 Å². The van der Waals surface area contributed by atoms with Gasteiger partial charge < -0.3 is 15.5 Å². The second kappa shape index (κ2) is 10.5. The Morgan fingerprint density at radius 1 is 1.35 bits per heavy atom. The van der Waals surface area contributed by atoms with Crippen LogP contribution in [0.2, 0.25) is 0 Å². The first-order valence-electron chi connectivity index (χ1n) is 9.00. The Morgan fingerprint density at radius 2 is 2.09 bits per heavy atom. The van der Waals surface area contributed by atoms with E-state index in [4.69, 9.17) is 0 Å². The summed E-state index contributed by atoms with van der Waals surface area (Å²) in [5, 5.41) is 6.25. The molecule has 1 fully saturated rings. The van der Waals surface area contributed by atoms with Crippen molar-refractivity contribution in [3.8, 4) is 0 Å². The van der Waals surface area contributed by atoms with Gasteiger partial charge in [-0.15, -0.1) is 0 Å². The van der Waals surface area contributed by atoms with Crippen LogP contribution >= 0.6 is 0 Å². The summed E-state index contributed by atoms with van der Waals surface area (Å²) in [6.07, 6.45) is 2.56. The van der Waals surface area contributed by atoms with Gasteiger partial charge in [0.25, 0.3) is 0 Å². The molecule has 0 aliphatic carbocycles. The first kappa shape index (κ1) is 19.7. The molecule has 23 heavy (non-hydrogen) atoms. The van der Waals surface area contributed by atoms with E-state index in [1.54, 1.807) is 0 Å². The van der Waals surface area contributed by atoms with Gasteiger partial charge in [0.05, 0.1) is 6.54 Å². The van der Waals surface area contributed by atoms with Crippen LogP contribution in [0.25, 0.3) is 0 Å². The standard InChI is InChI=1S/C17H35N5O/c1-6-18-17(20-11-10-19-16(23)14(3)4)21(5)13-15-9-8-12-22(15)7-2/h14-15H,6-13H2,1-5H3,(H,18,20)(H,19,23). The highest BCUT2D eigenvalue weighted by Crippen LogP contribution is 2.17. The fraction of sp³-hybridized carbons (Fsp3) is 0.882. The molecule has 1 aliphatic heterocycles. The van der Waals surface area contributed by atoms with E-state index >= 15 is 0 Å². The van der Waals surface area contributed by atoms with Gasteiger partial charge in [0, 0.05) is 38.6 Å². The number of nitrogens with zero attached hydrogens (tertiary/aromatic N) is 3. The molecule has 0 aromatic heterocycles. The lowest BCUT2D eigenvalue weighted by molar-refractivity contribution is -0.123. The van der Waals surface area contributed by atoms with Gasteiger partial charge in [-0.1, -0.05) is 20.8 Å². The SMILES string of the molecule is CCNC(=NCCNC(=O)C(C)C)N(C)CC1CCCN1CC. The normalized spacial score (nSPS) is 19.2. The van der Waals surface area contributed by atoms with Crippen LogP contribution in [0.5, 0.6) is 0 Å². The molecule has 134 valence electrons. The van der Waals surface area contributed by atoms with Crippen molar-refractivity contribution >= 4 is 11.9 Å². The Bertz CT molecular complexity index is 383. The maximum atomic E-state index is 11.6. The average Bonchev–Trinajstić information content (AvgIpc) is 2.96. The third kappa shape index (κ3) is 6.77.